The van der Waals surface area contributed by atoms with Crippen LogP contribution in [-0.4, -0.2) is 14.9 Å². The molecular weight excluding hydrogens is 211 g/mol. The Morgan fingerprint density at radius 2 is 2.18 bits per heavy atom. The molecule has 1 N–H and O–H groups in total. The second-order valence-electron chi connectivity index (χ2n) is 1.59. The molecule has 1 amide bonds. The number of rotatable bonds is 1. The first-order valence-corrected chi connectivity index (χ1v) is 3.97. The van der Waals surface area contributed by atoms with Gasteiger partial charge in [0.2, 0.25) is 0 Å². The normalized spacial score (nSPS) is 15.8. The minimum atomic E-state index is -0.685. The smallest absolute Gasteiger partial charge is 0.306 e. The summed E-state index contributed by atoms with van der Waals surface area (Å²) < 4.78 is 3.56. The molecule has 0 aromatic heterocycles. The first-order chi connectivity index (χ1) is 5.11. The molecule has 11 heavy (non-hydrogen) atoms. The second-order valence-corrected chi connectivity index (χ2v) is 3.04. The molecule has 0 aliphatic carbocycles. The van der Waals surface area contributed by atoms with Crippen LogP contribution >= 0.6 is 35.3 Å². The molecule has 0 bridgehead atoms. The maximum atomic E-state index is 10.5. The van der Waals surface area contributed by atoms with Gasteiger partial charge in [0, 0.05) is 0 Å². The van der Waals surface area contributed by atoms with Gasteiger partial charge in [-0.3, -0.25) is 9.59 Å². The van der Waals surface area contributed by atoms with Crippen LogP contribution in [0.1, 0.15) is 0 Å². The standard InChI is InChI=1S/C4H2Cl2N2O2S/c5-3(9)2-1-8(4(6)10)11-7-2/h1,7H. The molecule has 4 nitrogen and oxygen atoms in total. The quantitative estimate of drug-likeness (QED) is 0.406. The number of allylic oxidation sites excluding steroid dienone is 1. The number of carbonyl (C=O) groups is 2. The molecule has 0 fully saturated rings. The van der Waals surface area contributed by atoms with Gasteiger partial charge in [-0.1, -0.05) is 0 Å². The molecule has 1 aliphatic heterocycles. The van der Waals surface area contributed by atoms with Crippen molar-refractivity contribution in [3.63, 3.8) is 0 Å². The largest absolute Gasteiger partial charge is 0.331 e. The van der Waals surface area contributed by atoms with Gasteiger partial charge in [-0.05, 0) is 23.2 Å². The number of hydrogen-bond acceptors (Lipinski definition) is 4. The SMILES string of the molecule is O=C(Cl)C1=CN(C(=O)Cl)SN1. The lowest BCUT2D eigenvalue weighted by Crippen LogP contribution is -2.08. The number of nitrogens with zero attached hydrogens (tertiary/aromatic N) is 1. The van der Waals surface area contributed by atoms with Gasteiger partial charge >= 0.3 is 5.37 Å². The van der Waals surface area contributed by atoms with Crippen molar-refractivity contribution in [1.29, 1.82) is 0 Å². The molecule has 0 atom stereocenters. The molecule has 0 saturated carbocycles. The summed E-state index contributed by atoms with van der Waals surface area (Å²) in [7, 11) is 0. The van der Waals surface area contributed by atoms with E-state index in [4.69, 9.17) is 23.2 Å². The van der Waals surface area contributed by atoms with Crippen molar-refractivity contribution >= 4 is 45.9 Å². The molecular formula is C4H2Cl2N2O2S. The first-order valence-electron chi connectivity index (χ1n) is 2.44. The zero-order valence-corrected chi connectivity index (χ0v) is 7.33. The summed E-state index contributed by atoms with van der Waals surface area (Å²) in [5, 5.41) is -1.34. The Bertz CT molecular complexity index is 242. The Morgan fingerprint density at radius 3 is 2.45 bits per heavy atom. The summed E-state index contributed by atoms with van der Waals surface area (Å²) in [5.41, 5.74) is 0.144. The summed E-state index contributed by atoms with van der Waals surface area (Å²) in [6, 6.07) is 0. The van der Waals surface area contributed by atoms with E-state index in [0.717, 1.165) is 16.4 Å². The molecule has 0 aromatic carbocycles. The summed E-state index contributed by atoms with van der Waals surface area (Å²) in [5.74, 6) is 0. The first kappa shape index (κ1) is 8.70. The van der Waals surface area contributed by atoms with Crippen molar-refractivity contribution < 1.29 is 9.59 Å². The van der Waals surface area contributed by atoms with Crippen LogP contribution in [0.4, 0.5) is 4.79 Å². The van der Waals surface area contributed by atoms with Crippen LogP contribution in [0.2, 0.25) is 0 Å². The van der Waals surface area contributed by atoms with Gasteiger partial charge in [0.05, 0.1) is 18.3 Å². The topological polar surface area (TPSA) is 49.4 Å². The highest BCUT2D eigenvalue weighted by Gasteiger charge is 2.20. The van der Waals surface area contributed by atoms with Crippen LogP contribution in [0.5, 0.6) is 0 Å². The minimum Gasteiger partial charge on any atom is -0.306 e. The van der Waals surface area contributed by atoms with Crippen molar-refractivity contribution in [2.24, 2.45) is 0 Å². The predicted octanol–water partition coefficient (Wildman–Crippen LogP) is 1.42. The number of halogens is 2. The molecule has 0 saturated heterocycles. The summed E-state index contributed by atoms with van der Waals surface area (Å²) >= 11 is 11.1. The van der Waals surface area contributed by atoms with Gasteiger partial charge in [-0.2, -0.15) is 0 Å². The Morgan fingerprint density at radius 1 is 1.55 bits per heavy atom. The van der Waals surface area contributed by atoms with Gasteiger partial charge in [-0.25, -0.2) is 4.31 Å². The van der Waals surface area contributed by atoms with E-state index < -0.39 is 10.6 Å². The van der Waals surface area contributed by atoms with Crippen LogP contribution in [0, 0.1) is 0 Å². The molecule has 0 aromatic rings. The van der Waals surface area contributed by atoms with E-state index >= 15 is 0 Å². The monoisotopic (exact) mass is 212 g/mol. The molecule has 0 radical (unpaired) electrons. The fourth-order valence-corrected chi connectivity index (χ4v) is 1.32. The highest BCUT2D eigenvalue weighted by atomic mass is 35.5. The van der Waals surface area contributed by atoms with Crippen molar-refractivity contribution in [2.45, 2.75) is 0 Å². The predicted molar refractivity (Wildman–Crippen MR) is 42.8 cm³/mol. The van der Waals surface area contributed by atoms with E-state index in [-0.39, 0.29) is 5.70 Å². The fraction of sp³-hybridized carbons (Fsp3) is 0. The maximum absolute atomic E-state index is 10.5. The van der Waals surface area contributed by atoms with Gasteiger partial charge in [-0.15, -0.1) is 0 Å². The fourth-order valence-electron chi connectivity index (χ4n) is 0.446. The number of nitrogens with one attached hydrogen (secondary N) is 1. The van der Waals surface area contributed by atoms with E-state index in [1.165, 1.54) is 6.20 Å². The van der Waals surface area contributed by atoms with Crippen molar-refractivity contribution in [3.8, 4) is 0 Å². The molecule has 1 rings (SSSR count). The van der Waals surface area contributed by atoms with E-state index in [1.54, 1.807) is 0 Å². The van der Waals surface area contributed by atoms with Gasteiger partial charge in [0.1, 0.15) is 5.70 Å². The van der Waals surface area contributed by atoms with Crippen LogP contribution in [0.15, 0.2) is 11.9 Å². The van der Waals surface area contributed by atoms with Crippen LogP contribution in [0.25, 0.3) is 0 Å². The Balaban J connectivity index is 2.68. The van der Waals surface area contributed by atoms with Gasteiger partial charge in [0.15, 0.2) is 0 Å². The molecule has 60 valence electrons. The number of carbonyl (C=O) groups excluding carboxylic acids is 2. The maximum Gasteiger partial charge on any atom is 0.331 e. The Labute approximate surface area is 76.8 Å². The van der Waals surface area contributed by atoms with Crippen LogP contribution in [0.3, 0.4) is 0 Å². The third-order valence-electron chi connectivity index (χ3n) is 0.885. The summed E-state index contributed by atoms with van der Waals surface area (Å²) in [4.78, 5) is 20.9. The van der Waals surface area contributed by atoms with Crippen molar-refractivity contribution in [2.75, 3.05) is 0 Å². The van der Waals surface area contributed by atoms with E-state index in [0.29, 0.717) is 0 Å². The lowest BCUT2D eigenvalue weighted by Gasteiger charge is -2.02. The highest BCUT2D eigenvalue weighted by Crippen LogP contribution is 2.20. The van der Waals surface area contributed by atoms with Crippen LogP contribution in [-0.2, 0) is 4.79 Å². The van der Waals surface area contributed by atoms with E-state index in [9.17, 15) is 9.59 Å². The number of hydrogen-bond donors (Lipinski definition) is 1. The van der Waals surface area contributed by atoms with Crippen molar-refractivity contribution in [1.82, 2.24) is 9.03 Å². The molecule has 1 aliphatic rings. The third-order valence-corrected chi connectivity index (χ3v) is 2.15. The zero-order valence-electron chi connectivity index (χ0n) is 5.01. The van der Waals surface area contributed by atoms with Gasteiger partial charge in [0.25, 0.3) is 5.24 Å². The van der Waals surface area contributed by atoms with Crippen LogP contribution < -0.4 is 4.72 Å². The lowest BCUT2D eigenvalue weighted by atomic mass is 10.5. The Hall–Kier alpha value is -0.390. The van der Waals surface area contributed by atoms with E-state index in [1.807, 2.05) is 0 Å². The highest BCUT2D eigenvalue weighted by molar-refractivity contribution is 7.96. The second kappa shape index (κ2) is 3.34. The zero-order chi connectivity index (χ0) is 8.43. The average molecular weight is 213 g/mol. The molecule has 0 spiro atoms. The molecule has 0 unspecified atom stereocenters. The average Bonchev–Trinajstić information content (AvgIpc) is 2.33. The van der Waals surface area contributed by atoms with Gasteiger partial charge < -0.3 is 4.72 Å². The van der Waals surface area contributed by atoms with Crippen molar-refractivity contribution in [3.05, 3.63) is 11.9 Å². The van der Waals surface area contributed by atoms with E-state index in [2.05, 4.69) is 4.72 Å². The summed E-state index contributed by atoms with van der Waals surface area (Å²) in [6.45, 7) is 0. The third kappa shape index (κ3) is 2.02. The Kier molecular flexibility index (Phi) is 2.64. The number of amides is 1. The molecule has 7 heteroatoms. The minimum absolute atomic E-state index is 0.144. The molecule has 1 heterocycles. The lowest BCUT2D eigenvalue weighted by molar-refractivity contribution is -0.108. The summed E-state index contributed by atoms with van der Waals surface area (Å²) in [6.07, 6.45) is 1.23.